The minimum absolute atomic E-state index is 0.0806. The van der Waals surface area contributed by atoms with E-state index >= 15 is 0 Å². The number of hydrogen-bond donors (Lipinski definition) is 2. The van der Waals surface area contributed by atoms with E-state index in [4.69, 9.17) is 4.74 Å². The van der Waals surface area contributed by atoms with Gasteiger partial charge in [0, 0.05) is 44.7 Å². The van der Waals surface area contributed by atoms with Crippen LogP contribution in [0.15, 0.2) is 29.3 Å². The average molecular weight is 391 g/mol. The van der Waals surface area contributed by atoms with Gasteiger partial charge < -0.3 is 20.3 Å². The van der Waals surface area contributed by atoms with Crippen LogP contribution in [0.4, 0.5) is 4.39 Å². The van der Waals surface area contributed by atoms with Gasteiger partial charge in [-0.1, -0.05) is 18.2 Å². The Balaban J connectivity index is 1.42. The van der Waals surface area contributed by atoms with Crippen molar-refractivity contribution in [2.24, 2.45) is 4.99 Å². The fourth-order valence-corrected chi connectivity index (χ4v) is 3.94. The quantitative estimate of drug-likeness (QED) is 0.529. The lowest BCUT2D eigenvalue weighted by Gasteiger charge is -2.33. The maximum Gasteiger partial charge on any atom is 0.191 e. The van der Waals surface area contributed by atoms with Crippen molar-refractivity contribution in [2.75, 3.05) is 39.8 Å². The number of halogens is 1. The molecule has 0 amide bonds. The first-order chi connectivity index (χ1) is 13.5. The summed E-state index contributed by atoms with van der Waals surface area (Å²) in [6.45, 7) is 8.84. The number of nitrogens with one attached hydrogen (secondary N) is 2. The van der Waals surface area contributed by atoms with Crippen molar-refractivity contribution in [3.8, 4) is 0 Å². The van der Waals surface area contributed by atoms with E-state index in [0.717, 1.165) is 70.0 Å². The predicted octanol–water partition coefficient (Wildman–Crippen LogP) is 2.91. The Labute approximate surface area is 168 Å². The molecule has 1 saturated carbocycles. The summed E-state index contributed by atoms with van der Waals surface area (Å²) in [6.07, 6.45) is 4.54. The van der Waals surface area contributed by atoms with Crippen molar-refractivity contribution >= 4 is 5.96 Å². The van der Waals surface area contributed by atoms with Gasteiger partial charge in [-0.05, 0) is 51.2 Å². The first kappa shape index (κ1) is 21.1. The molecule has 6 heteroatoms. The molecule has 0 atom stereocenters. The van der Waals surface area contributed by atoms with Gasteiger partial charge in [0.25, 0.3) is 0 Å². The molecule has 5 nitrogen and oxygen atoms in total. The predicted molar refractivity (Wildman–Crippen MR) is 112 cm³/mol. The molecule has 0 bridgehead atoms. The van der Waals surface area contributed by atoms with E-state index < -0.39 is 0 Å². The Morgan fingerprint density at radius 3 is 2.61 bits per heavy atom. The number of likely N-dealkylation sites (tertiary alicyclic amines) is 1. The number of piperidine rings is 1. The first-order valence-corrected chi connectivity index (χ1v) is 10.6. The molecule has 1 aliphatic heterocycles. The summed E-state index contributed by atoms with van der Waals surface area (Å²) in [4.78, 5) is 6.85. The third-order valence-electron chi connectivity index (χ3n) is 5.90. The van der Waals surface area contributed by atoms with E-state index in [0.29, 0.717) is 12.1 Å². The zero-order valence-corrected chi connectivity index (χ0v) is 17.5. The number of hydrogen-bond acceptors (Lipinski definition) is 3. The average Bonchev–Trinajstić information content (AvgIpc) is 3.47. The van der Waals surface area contributed by atoms with Crippen LogP contribution in [-0.4, -0.2) is 62.8 Å². The Morgan fingerprint density at radius 2 is 2.00 bits per heavy atom. The third kappa shape index (κ3) is 5.67. The van der Waals surface area contributed by atoms with Gasteiger partial charge in [0.2, 0.25) is 0 Å². The number of nitrogens with zero attached hydrogens (tertiary/aromatic N) is 2. The van der Waals surface area contributed by atoms with Crippen molar-refractivity contribution < 1.29 is 9.13 Å². The molecule has 1 saturated heterocycles. The molecule has 0 spiro atoms. The Bertz CT molecular complexity index is 652. The van der Waals surface area contributed by atoms with Crippen molar-refractivity contribution in [3.05, 3.63) is 35.6 Å². The summed E-state index contributed by atoms with van der Waals surface area (Å²) in [6, 6.07) is 7.58. The second-order valence-corrected chi connectivity index (χ2v) is 8.37. The number of guanidine groups is 1. The highest BCUT2D eigenvalue weighted by atomic mass is 19.1. The SMILES string of the molecule is CN=C(NCC1(c2ccccc2F)CC1)NC1CCN(CCOC(C)C)CC1. The van der Waals surface area contributed by atoms with Gasteiger partial charge in [-0.25, -0.2) is 4.39 Å². The second kappa shape index (κ2) is 9.70. The summed E-state index contributed by atoms with van der Waals surface area (Å²) in [5.74, 6) is 0.725. The minimum atomic E-state index is -0.0986. The molecule has 1 aliphatic carbocycles. The van der Waals surface area contributed by atoms with Crippen LogP contribution < -0.4 is 10.6 Å². The van der Waals surface area contributed by atoms with Crippen LogP contribution >= 0.6 is 0 Å². The largest absolute Gasteiger partial charge is 0.377 e. The Morgan fingerprint density at radius 1 is 1.29 bits per heavy atom. The van der Waals surface area contributed by atoms with Crippen LogP contribution in [-0.2, 0) is 10.2 Å². The standard InChI is InChI=1S/C22H35FN4O/c1-17(2)28-15-14-27-12-8-18(9-13-27)26-21(24-3)25-16-22(10-11-22)19-6-4-5-7-20(19)23/h4-7,17-18H,8-16H2,1-3H3,(H2,24,25,26). The van der Waals surface area contributed by atoms with E-state index in [1.165, 1.54) is 0 Å². The van der Waals surface area contributed by atoms with Crippen LogP contribution in [0.25, 0.3) is 0 Å². The normalized spacial score (nSPS) is 20.4. The van der Waals surface area contributed by atoms with Crippen molar-refractivity contribution in [2.45, 2.75) is 57.1 Å². The van der Waals surface area contributed by atoms with Gasteiger partial charge in [-0.3, -0.25) is 4.99 Å². The highest BCUT2D eigenvalue weighted by Gasteiger charge is 2.45. The lowest BCUT2D eigenvalue weighted by Crippen LogP contribution is -2.50. The summed E-state index contributed by atoms with van der Waals surface area (Å²) < 4.78 is 19.8. The maximum absolute atomic E-state index is 14.2. The van der Waals surface area contributed by atoms with Gasteiger partial charge in [-0.2, -0.15) is 0 Å². The summed E-state index contributed by atoms with van der Waals surface area (Å²) in [5.41, 5.74) is 0.748. The molecule has 2 N–H and O–H groups in total. The molecule has 1 heterocycles. The lowest BCUT2D eigenvalue weighted by molar-refractivity contribution is 0.0532. The lowest BCUT2D eigenvalue weighted by atomic mass is 9.95. The molecule has 3 rings (SSSR count). The monoisotopic (exact) mass is 390 g/mol. The van der Waals surface area contributed by atoms with E-state index in [2.05, 4.69) is 34.4 Å². The summed E-state index contributed by atoms with van der Waals surface area (Å²) >= 11 is 0. The highest BCUT2D eigenvalue weighted by Crippen LogP contribution is 2.48. The smallest absolute Gasteiger partial charge is 0.191 e. The van der Waals surface area contributed by atoms with Gasteiger partial charge in [-0.15, -0.1) is 0 Å². The highest BCUT2D eigenvalue weighted by molar-refractivity contribution is 5.80. The number of ether oxygens (including phenoxy) is 1. The maximum atomic E-state index is 14.2. The topological polar surface area (TPSA) is 48.9 Å². The Kier molecular flexibility index (Phi) is 7.30. The van der Waals surface area contributed by atoms with Gasteiger partial charge >= 0.3 is 0 Å². The molecule has 0 aromatic heterocycles. The molecule has 156 valence electrons. The number of aliphatic imine (C=N–C) groups is 1. The summed E-state index contributed by atoms with van der Waals surface area (Å²) in [7, 11) is 1.80. The minimum Gasteiger partial charge on any atom is -0.377 e. The zero-order valence-electron chi connectivity index (χ0n) is 17.5. The fourth-order valence-electron chi connectivity index (χ4n) is 3.94. The molecular weight excluding hydrogens is 355 g/mol. The fraction of sp³-hybridized carbons (Fsp3) is 0.682. The summed E-state index contributed by atoms with van der Waals surface area (Å²) in [5, 5.41) is 7.00. The van der Waals surface area contributed by atoms with Crippen LogP contribution in [0.5, 0.6) is 0 Å². The van der Waals surface area contributed by atoms with E-state index in [1.54, 1.807) is 19.2 Å². The second-order valence-electron chi connectivity index (χ2n) is 8.37. The van der Waals surface area contributed by atoms with Gasteiger partial charge in [0.05, 0.1) is 12.7 Å². The van der Waals surface area contributed by atoms with Crippen molar-refractivity contribution in [1.82, 2.24) is 15.5 Å². The molecule has 28 heavy (non-hydrogen) atoms. The molecule has 2 fully saturated rings. The van der Waals surface area contributed by atoms with Crippen LogP contribution in [0, 0.1) is 5.82 Å². The van der Waals surface area contributed by atoms with Crippen LogP contribution in [0.2, 0.25) is 0 Å². The van der Waals surface area contributed by atoms with Crippen LogP contribution in [0.1, 0.15) is 45.1 Å². The van der Waals surface area contributed by atoms with Crippen molar-refractivity contribution in [1.29, 1.82) is 0 Å². The van der Waals surface area contributed by atoms with E-state index in [-0.39, 0.29) is 11.2 Å². The van der Waals surface area contributed by atoms with Gasteiger partial charge in [0.1, 0.15) is 5.82 Å². The molecular formula is C22H35FN4O. The number of benzene rings is 1. The molecule has 1 aromatic rings. The molecule has 1 aromatic carbocycles. The van der Waals surface area contributed by atoms with Gasteiger partial charge in [0.15, 0.2) is 5.96 Å². The zero-order chi connectivity index (χ0) is 20.0. The Hall–Kier alpha value is -1.66. The van der Waals surface area contributed by atoms with Crippen molar-refractivity contribution in [3.63, 3.8) is 0 Å². The van der Waals surface area contributed by atoms with Crippen LogP contribution in [0.3, 0.4) is 0 Å². The number of rotatable bonds is 8. The molecule has 0 radical (unpaired) electrons. The molecule has 0 unspecified atom stereocenters. The van der Waals surface area contributed by atoms with E-state index in [9.17, 15) is 4.39 Å². The third-order valence-corrected chi connectivity index (χ3v) is 5.90. The molecule has 2 aliphatic rings. The first-order valence-electron chi connectivity index (χ1n) is 10.6. The van der Waals surface area contributed by atoms with E-state index in [1.807, 2.05) is 12.1 Å².